The second kappa shape index (κ2) is 6.55. The fourth-order valence-corrected chi connectivity index (χ4v) is 3.49. The third kappa shape index (κ3) is 2.87. The first kappa shape index (κ1) is 17.3. The van der Waals surface area contributed by atoms with Gasteiger partial charge in [0.05, 0.1) is 35.5 Å². The SMILES string of the molecule is CNC(=O)c1nnc(Cl)cc1Nc1cccc2c1N(C)Cc1c-2cnn1C. The summed E-state index contributed by atoms with van der Waals surface area (Å²) in [6.45, 7) is 0.731. The highest BCUT2D eigenvalue weighted by Crippen LogP contribution is 2.43. The Morgan fingerprint density at radius 3 is 2.78 bits per heavy atom. The summed E-state index contributed by atoms with van der Waals surface area (Å²) in [4.78, 5) is 14.3. The molecule has 2 aromatic heterocycles. The van der Waals surface area contributed by atoms with Crippen LogP contribution in [0.4, 0.5) is 17.1 Å². The molecular formula is C18H18ClN7O. The van der Waals surface area contributed by atoms with Gasteiger partial charge in [-0.1, -0.05) is 23.7 Å². The van der Waals surface area contributed by atoms with Crippen LogP contribution in [0.1, 0.15) is 16.2 Å². The van der Waals surface area contributed by atoms with Gasteiger partial charge in [-0.05, 0) is 6.07 Å². The maximum Gasteiger partial charge on any atom is 0.273 e. The van der Waals surface area contributed by atoms with Crippen LogP contribution >= 0.6 is 11.6 Å². The number of aryl methyl sites for hydroxylation is 1. The lowest BCUT2D eigenvalue weighted by molar-refractivity contribution is 0.0958. The molecule has 0 aliphatic carbocycles. The fourth-order valence-electron chi connectivity index (χ4n) is 3.35. The summed E-state index contributed by atoms with van der Waals surface area (Å²) in [7, 11) is 5.52. The molecule has 1 aliphatic heterocycles. The number of amides is 1. The molecule has 1 aliphatic rings. The lowest BCUT2D eigenvalue weighted by atomic mass is 9.98. The Kier molecular flexibility index (Phi) is 4.19. The molecule has 0 spiro atoms. The van der Waals surface area contributed by atoms with Gasteiger partial charge in [-0.3, -0.25) is 9.48 Å². The number of anilines is 3. The molecule has 0 atom stereocenters. The van der Waals surface area contributed by atoms with Gasteiger partial charge < -0.3 is 15.5 Å². The van der Waals surface area contributed by atoms with Crippen LogP contribution in [0.15, 0.2) is 30.5 Å². The van der Waals surface area contributed by atoms with Crippen molar-refractivity contribution < 1.29 is 4.79 Å². The van der Waals surface area contributed by atoms with Crippen molar-refractivity contribution in [2.24, 2.45) is 7.05 Å². The molecule has 0 unspecified atom stereocenters. The number of carbonyl (C=O) groups is 1. The topological polar surface area (TPSA) is 88.0 Å². The van der Waals surface area contributed by atoms with Crippen LogP contribution < -0.4 is 15.5 Å². The van der Waals surface area contributed by atoms with Crippen LogP contribution in [0, 0.1) is 0 Å². The first-order valence-electron chi connectivity index (χ1n) is 8.37. The van der Waals surface area contributed by atoms with E-state index in [9.17, 15) is 4.79 Å². The van der Waals surface area contributed by atoms with Crippen molar-refractivity contribution in [3.05, 3.63) is 47.0 Å². The predicted molar refractivity (Wildman–Crippen MR) is 104 cm³/mol. The predicted octanol–water partition coefficient (Wildman–Crippen LogP) is 2.58. The summed E-state index contributed by atoms with van der Waals surface area (Å²) >= 11 is 6.01. The van der Waals surface area contributed by atoms with E-state index in [0.717, 1.165) is 34.7 Å². The van der Waals surface area contributed by atoms with Crippen LogP contribution in [0.3, 0.4) is 0 Å². The van der Waals surface area contributed by atoms with E-state index in [4.69, 9.17) is 11.6 Å². The zero-order valence-electron chi connectivity index (χ0n) is 15.1. The Morgan fingerprint density at radius 2 is 2.00 bits per heavy atom. The lowest BCUT2D eigenvalue weighted by Gasteiger charge is -2.30. The third-order valence-corrected chi connectivity index (χ3v) is 4.82. The summed E-state index contributed by atoms with van der Waals surface area (Å²) in [6.07, 6.45) is 1.88. The number of benzene rings is 1. The van der Waals surface area contributed by atoms with Crippen molar-refractivity contribution in [1.29, 1.82) is 0 Å². The van der Waals surface area contributed by atoms with Gasteiger partial charge in [-0.25, -0.2) is 0 Å². The molecule has 0 saturated heterocycles. The van der Waals surface area contributed by atoms with Gasteiger partial charge in [-0.15, -0.1) is 10.2 Å². The van der Waals surface area contributed by atoms with Crippen molar-refractivity contribution in [3.63, 3.8) is 0 Å². The molecule has 0 radical (unpaired) electrons. The monoisotopic (exact) mass is 383 g/mol. The molecule has 27 heavy (non-hydrogen) atoms. The Bertz CT molecular complexity index is 1050. The Balaban J connectivity index is 1.83. The van der Waals surface area contributed by atoms with E-state index in [1.54, 1.807) is 13.1 Å². The number of halogens is 1. The first-order chi connectivity index (χ1) is 13.0. The molecule has 0 fully saturated rings. The minimum absolute atomic E-state index is 0.181. The third-order valence-electron chi connectivity index (χ3n) is 4.63. The summed E-state index contributed by atoms with van der Waals surface area (Å²) in [5.41, 5.74) is 5.88. The summed E-state index contributed by atoms with van der Waals surface area (Å²) < 4.78 is 1.89. The number of fused-ring (bicyclic) bond motifs is 3. The van der Waals surface area contributed by atoms with E-state index in [-0.39, 0.29) is 16.8 Å². The number of nitrogens with zero attached hydrogens (tertiary/aromatic N) is 5. The van der Waals surface area contributed by atoms with Gasteiger partial charge in [0.2, 0.25) is 0 Å². The molecule has 2 N–H and O–H groups in total. The van der Waals surface area contributed by atoms with E-state index in [1.807, 2.05) is 37.1 Å². The quantitative estimate of drug-likeness (QED) is 0.722. The van der Waals surface area contributed by atoms with Crippen LogP contribution in [0.25, 0.3) is 11.1 Å². The highest BCUT2D eigenvalue weighted by Gasteiger charge is 2.26. The largest absolute Gasteiger partial charge is 0.366 e. The highest BCUT2D eigenvalue weighted by molar-refractivity contribution is 6.29. The summed E-state index contributed by atoms with van der Waals surface area (Å²) in [5.74, 6) is -0.339. The van der Waals surface area contributed by atoms with Crippen LogP contribution in [-0.2, 0) is 13.6 Å². The number of rotatable bonds is 3. The first-order valence-corrected chi connectivity index (χ1v) is 8.75. The van der Waals surface area contributed by atoms with Crippen LogP contribution in [-0.4, -0.2) is 40.0 Å². The Labute approximate surface area is 161 Å². The zero-order chi connectivity index (χ0) is 19.1. The van der Waals surface area contributed by atoms with Crippen molar-refractivity contribution >= 4 is 34.6 Å². The van der Waals surface area contributed by atoms with Crippen LogP contribution in [0.5, 0.6) is 0 Å². The number of carbonyl (C=O) groups excluding carboxylic acids is 1. The number of nitrogens with one attached hydrogen (secondary N) is 2. The smallest absolute Gasteiger partial charge is 0.273 e. The highest BCUT2D eigenvalue weighted by atomic mass is 35.5. The molecule has 138 valence electrons. The molecular weight excluding hydrogens is 366 g/mol. The van der Waals surface area contributed by atoms with Gasteiger partial charge in [0.15, 0.2) is 10.8 Å². The molecule has 9 heteroatoms. The number of para-hydroxylation sites is 1. The van der Waals surface area contributed by atoms with Gasteiger partial charge in [0, 0.05) is 38.3 Å². The Hall–Kier alpha value is -3.13. The van der Waals surface area contributed by atoms with Crippen molar-refractivity contribution in [2.75, 3.05) is 24.3 Å². The average Bonchev–Trinajstić information content (AvgIpc) is 3.02. The Morgan fingerprint density at radius 1 is 1.19 bits per heavy atom. The summed E-state index contributed by atoms with van der Waals surface area (Å²) in [5, 5.41) is 18.2. The van der Waals surface area contributed by atoms with Gasteiger partial charge in [0.25, 0.3) is 5.91 Å². The van der Waals surface area contributed by atoms with Gasteiger partial charge in [-0.2, -0.15) is 5.10 Å². The molecule has 1 aromatic carbocycles. The molecule has 3 heterocycles. The standard InChI is InChI=1S/C18H18ClN7O/c1-20-18(27)16-13(7-15(19)23-24-16)22-12-6-4-5-10-11-8-21-26(3)14(11)9-25(2)17(10)12/h4-8H,9H2,1-3H3,(H,20,27)(H,22,23). The number of hydrogen-bond donors (Lipinski definition) is 2. The minimum Gasteiger partial charge on any atom is -0.366 e. The van der Waals surface area contributed by atoms with Crippen molar-refractivity contribution in [3.8, 4) is 11.1 Å². The zero-order valence-corrected chi connectivity index (χ0v) is 15.9. The molecule has 3 aromatic rings. The van der Waals surface area contributed by atoms with Gasteiger partial charge in [0.1, 0.15) is 0 Å². The molecule has 0 bridgehead atoms. The maximum atomic E-state index is 12.1. The molecule has 8 nitrogen and oxygen atoms in total. The van der Waals surface area contributed by atoms with Gasteiger partial charge >= 0.3 is 0 Å². The number of aromatic nitrogens is 4. The van der Waals surface area contributed by atoms with Crippen molar-refractivity contribution in [2.45, 2.75) is 6.54 Å². The number of hydrogen-bond acceptors (Lipinski definition) is 6. The summed E-state index contributed by atoms with van der Waals surface area (Å²) in [6, 6.07) is 7.58. The second-order valence-electron chi connectivity index (χ2n) is 6.32. The van der Waals surface area contributed by atoms with E-state index in [1.165, 1.54) is 0 Å². The fraction of sp³-hybridized carbons (Fsp3) is 0.222. The van der Waals surface area contributed by atoms with E-state index in [0.29, 0.717) is 5.69 Å². The second-order valence-corrected chi connectivity index (χ2v) is 6.71. The van der Waals surface area contributed by atoms with Crippen LogP contribution in [0.2, 0.25) is 5.15 Å². The van der Waals surface area contributed by atoms with E-state index < -0.39 is 0 Å². The molecule has 1 amide bonds. The maximum absolute atomic E-state index is 12.1. The van der Waals surface area contributed by atoms with Crippen molar-refractivity contribution in [1.82, 2.24) is 25.3 Å². The van der Waals surface area contributed by atoms with E-state index >= 15 is 0 Å². The lowest BCUT2D eigenvalue weighted by Crippen LogP contribution is -2.24. The molecule has 0 saturated carbocycles. The molecule has 4 rings (SSSR count). The normalized spacial score (nSPS) is 12.4. The average molecular weight is 384 g/mol. The van der Waals surface area contributed by atoms with E-state index in [2.05, 4.69) is 36.9 Å². The minimum atomic E-state index is -0.339.